The second-order valence-corrected chi connectivity index (χ2v) is 7.06. The molecule has 0 bridgehead atoms. The lowest BCUT2D eigenvalue weighted by Crippen LogP contribution is -2.40. The topological polar surface area (TPSA) is 43.4 Å². The highest BCUT2D eigenvalue weighted by Crippen LogP contribution is 2.48. The van der Waals surface area contributed by atoms with E-state index < -0.39 is 11.6 Å². The number of rotatable bonds is 3. The molecule has 0 aliphatic heterocycles. The number of carbonyl (C=O) groups excluding carboxylic acids is 2. The maximum absolute atomic E-state index is 13.0. The molecule has 128 valence electrons. The highest BCUT2D eigenvalue weighted by Gasteiger charge is 2.48. The molecule has 4 heteroatoms. The van der Waals surface area contributed by atoms with E-state index in [2.05, 4.69) is 6.58 Å². The second kappa shape index (κ2) is 6.07. The molecule has 1 aliphatic rings. The third-order valence-electron chi connectivity index (χ3n) is 4.62. The standard InChI is InChI=1S/C22H16O3S/c1-14(2)21(24)25-22(15-11-12-26-13-15)18-9-5-3-7-16(18)20(23)17-8-4-6-10-19(17)22/h3-13H,1H2,2H3. The molecule has 1 aromatic heterocycles. The summed E-state index contributed by atoms with van der Waals surface area (Å²) in [5.41, 5.74) is 2.42. The van der Waals surface area contributed by atoms with Gasteiger partial charge in [0, 0.05) is 33.4 Å². The number of hydrogen-bond donors (Lipinski definition) is 0. The van der Waals surface area contributed by atoms with Crippen molar-refractivity contribution in [3.63, 3.8) is 0 Å². The predicted molar refractivity (Wildman–Crippen MR) is 101 cm³/mol. The first kappa shape index (κ1) is 16.5. The number of esters is 1. The Morgan fingerprint density at radius 2 is 1.58 bits per heavy atom. The van der Waals surface area contributed by atoms with E-state index in [1.807, 2.05) is 53.2 Å². The quantitative estimate of drug-likeness (QED) is 0.502. The van der Waals surface area contributed by atoms with Gasteiger partial charge in [-0.15, -0.1) is 0 Å². The number of ketones is 1. The molecular formula is C22H16O3S. The van der Waals surface area contributed by atoms with E-state index in [-0.39, 0.29) is 5.78 Å². The third kappa shape index (κ3) is 2.26. The first-order valence-corrected chi connectivity index (χ1v) is 9.15. The molecule has 3 nitrogen and oxygen atoms in total. The minimum Gasteiger partial charge on any atom is -0.441 e. The fraction of sp³-hybridized carbons (Fsp3) is 0.0909. The molecule has 1 heterocycles. The van der Waals surface area contributed by atoms with Crippen LogP contribution in [0.25, 0.3) is 0 Å². The summed E-state index contributed by atoms with van der Waals surface area (Å²) in [4.78, 5) is 25.6. The Kier molecular flexibility index (Phi) is 3.85. The maximum Gasteiger partial charge on any atom is 0.334 e. The van der Waals surface area contributed by atoms with Crippen LogP contribution in [0.1, 0.15) is 39.5 Å². The summed E-state index contributed by atoms with van der Waals surface area (Å²) in [7, 11) is 0. The van der Waals surface area contributed by atoms with Crippen LogP contribution in [0, 0.1) is 0 Å². The lowest BCUT2D eigenvalue weighted by molar-refractivity contribution is -0.148. The van der Waals surface area contributed by atoms with Crippen LogP contribution in [0.5, 0.6) is 0 Å². The molecule has 4 rings (SSSR count). The molecule has 0 N–H and O–H groups in total. The number of hydrogen-bond acceptors (Lipinski definition) is 4. The summed E-state index contributed by atoms with van der Waals surface area (Å²) in [5, 5.41) is 3.89. The van der Waals surface area contributed by atoms with Gasteiger partial charge in [0.25, 0.3) is 0 Å². The summed E-state index contributed by atoms with van der Waals surface area (Å²) < 4.78 is 6.10. The summed E-state index contributed by atoms with van der Waals surface area (Å²) >= 11 is 1.52. The molecule has 0 atom stereocenters. The summed E-state index contributed by atoms with van der Waals surface area (Å²) in [6, 6.07) is 16.6. The number of fused-ring (bicyclic) bond motifs is 2. The van der Waals surface area contributed by atoms with Gasteiger partial charge in [-0.2, -0.15) is 11.3 Å². The van der Waals surface area contributed by atoms with Gasteiger partial charge >= 0.3 is 5.97 Å². The maximum atomic E-state index is 13.0. The Balaban J connectivity index is 2.11. The van der Waals surface area contributed by atoms with Crippen molar-refractivity contribution in [2.24, 2.45) is 0 Å². The van der Waals surface area contributed by atoms with Crippen LogP contribution in [0.4, 0.5) is 0 Å². The molecule has 26 heavy (non-hydrogen) atoms. The average Bonchev–Trinajstić information content (AvgIpc) is 3.20. The third-order valence-corrected chi connectivity index (χ3v) is 5.31. The highest BCUT2D eigenvalue weighted by atomic mass is 32.1. The zero-order valence-electron chi connectivity index (χ0n) is 14.2. The number of benzene rings is 2. The average molecular weight is 360 g/mol. The second-order valence-electron chi connectivity index (χ2n) is 6.28. The van der Waals surface area contributed by atoms with Gasteiger partial charge in [0.15, 0.2) is 11.4 Å². The molecule has 0 saturated heterocycles. The number of thiophene rings is 1. The van der Waals surface area contributed by atoms with E-state index in [1.54, 1.807) is 19.1 Å². The smallest absolute Gasteiger partial charge is 0.334 e. The number of ether oxygens (including phenoxy) is 1. The van der Waals surface area contributed by atoms with Gasteiger partial charge in [0.2, 0.25) is 0 Å². The van der Waals surface area contributed by atoms with Crippen molar-refractivity contribution < 1.29 is 14.3 Å². The minimum absolute atomic E-state index is 0.0616. The van der Waals surface area contributed by atoms with Gasteiger partial charge in [-0.25, -0.2) is 4.79 Å². The Morgan fingerprint density at radius 3 is 2.08 bits per heavy atom. The van der Waals surface area contributed by atoms with Crippen molar-refractivity contribution >= 4 is 23.1 Å². The van der Waals surface area contributed by atoms with Gasteiger partial charge in [-0.1, -0.05) is 55.1 Å². The van der Waals surface area contributed by atoms with Crippen LogP contribution in [-0.4, -0.2) is 11.8 Å². The Morgan fingerprint density at radius 1 is 1.00 bits per heavy atom. The normalized spacial score (nSPS) is 14.3. The summed E-state index contributed by atoms with van der Waals surface area (Å²) in [5.74, 6) is -0.552. The molecule has 2 aromatic carbocycles. The van der Waals surface area contributed by atoms with Crippen LogP contribution in [0.2, 0.25) is 0 Å². The SMILES string of the molecule is C=C(C)C(=O)OC1(c2ccsc2)c2ccccc2C(=O)c2ccccc21. The van der Waals surface area contributed by atoms with Crippen molar-refractivity contribution in [1.82, 2.24) is 0 Å². The van der Waals surface area contributed by atoms with E-state index in [0.717, 1.165) is 5.56 Å². The molecule has 0 radical (unpaired) electrons. The van der Waals surface area contributed by atoms with Gasteiger partial charge in [0.05, 0.1) is 0 Å². The van der Waals surface area contributed by atoms with Crippen LogP contribution in [-0.2, 0) is 15.1 Å². The van der Waals surface area contributed by atoms with E-state index in [9.17, 15) is 9.59 Å². The molecule has 0 saturated carbocycles. The zero-order valence-corrected chi connectivity index (χ0v) is 15.0. The highest BCUT2D eigenvalue weighted by molar-refractivity contribution is 7.08. The van der Waals surface area contributed by atoms with Crippen LogP contribution in [0.15, 0.2) is 77.5 Å². The molecule has 0 amide bonds. The van der Waals surface area contributed by atoms with Crippen molar-refractivity contribution in [2.75, 3.05) is 0 Å². The lowest BCUT2D eigenvalue weighted by atomic mass is 9.71. The fourth-order valence-corrected chi connectivity index (χ4v) is 4.13. The molecule has 0 spiro atoms. The van der Waals surface area contributed by atoms with Crippen LogP contribution in [0.3, 0.4) is 0 Å². The van der Waals surface area contributed by atoms with E-state index in [1.165, 1.54) is 11.3 Å². The summed E-state index contributed by atoms with van der Waals surface area (Å²) in [6.45, 7) is 5.34. The fourth-order valence-electron chi connectivity index (χ4n) is 3.44. The van der Waals surface area contributed by atoms with Crippen molar-refractivity contribution in [3.8, 4) is 0 Å². The molecular weight excluding hydrogens is 344 g/mol. The van der Waals surface area contributed by atoms with E-state index in [0.29, 0.717) is 27.8 Å². The number of carbonyl (C=O) groups is 2. The van der Waals surface area contributed by atoms with Gasteiger partial charge in [-0.05, 0) is 23.8 Å². The Bertz CT molecular complexity index is 982. The molecule has 1 aliphatic carbocycles. The van der Waals surface area contributed by atoms with Crippen molar-refractivity contribution in [1.29, 1.82) is 0 Å². The predicted octanol–water partition coefficient (Wildman–Crippen LogP) is 4.70. The monoisotopic (exact) mass is 360 g/mol. The van der Waals surface area contributed by atoms with Crippen LogP contribution >= 0.6 is 11.3 Å². The molecule has 0 unspecified atom stereocenters. The molecule has 3 aromatic rings. The first-order valence-electron chi connectivity index (χ1n) is 8.21. The minimum atomic E-state index is -1.17. The zero-order chi connectivity index (χ0) is 18.3. The van der Waals surface area contributed by atoms with Gasteiger partial charge < -0.3 is 4.74 Å². The van der Waals surface area contributed by atoms with Crippen molar-refractivity contribution in [2.45, 2.75) is 12.5 Å². The first-order chi connectivity index (χ1) is 12.6. The van der Waals surface area contributed by atoms with Gasteiger partial charge in [-0.3, -0.25) is 4.79 Å². The van der Waals surface area contributed by atoms with Gasteiger partial charge in [0.1, 0.15) is 0 Å². The summed E-state index contributed by atoms with van der Waals surface area (Å²) in [6.07, 6.45) is 0. The Labute approximate surface area is 155 Å². The lowest BCUT2D eigenvalue weighted by Gasteiger charge is -2.39. The molecule has 0 fully saturated rings. The Hall–Kier alpha value is -2.98. The van der Waals surface area contributed by atoms with E-state index >= 15 is 0 Å². The van der Waals surface area contributed by atoms with E-state index in [4.69, 9.17) is 4.74 Å². The van der Waals surface area contributed by atoms with Crippen LogP contribution < -0.4 is 0 Å². The largest absolute Gasteiger partial charge is 0.441 e. The van der Waals surface area contributed by atoms with Crippen molar-refractivity contribution in [3.05, 3.63) is 105 Å².